The van der Waals surface area contributed by atoms with Gasteiger partial charge in [0.2, 0.25) is 0 Å². The number of carbonyl (C=O) groups excluding carboxylic acids is 1. The summed E-state index contributed by atoms with van der Waals surface area (Å²) in [7, 11) is 0. The van der Waals surface area contributed by atoms with Crippen molar-refractivity contribution in [3.8, 4) is 0 Å². The SMILES string of the molecule is Nc1ccc(C(=O)NCCc2ncn[nH]2)cc1Cl. The third-order valence-corrected chi connectivity index (χ3v) is 2.70. The number of benzene rings is 1. The van der Waals surface area contributed by atoms with E-state index in [1.54, 1.807) is 18.2 Å². The van der Waals surface area contributed by atoms with Crippen molar-refractivity contribution in [1.29, 1.82) is 0 Å². The van der Waals surface area contributed by atoms with Gasteiger partial charge in [0.05, 0.1) is 10.7 Å². The first kappa shape index (κ1) is 12.4. The number of anilines is 1. The van der Waals surface area contributed by atoms with E-state index >= 15 is 0 Å². The number of nitrogen functional groups attached to an aromatic ring is 1. The van der Waals surface area contributed by atoms with E-state index in [1.807, 2.05) is 0 Å². The van der Waals surface area contributed by atoms with Gasteiger partial charge in [-0.05, 0) is 18.2 Å². The van der Waals surface area contributed by atoms with Gasteiger partial charge in [-0.15, -0.1) is 0 Å². The Kier molecular flexibility index (Phi) is 3.78. The zero-order valence-corrected chi connectivity index (χ0v) is 10.2. The van der Waals surface area contributed by atoms with E-state index < -0.39 is 0 Å². The zero-order chi connectivity index (χ0) is 13.0. The lowest BCUT2D eigenvalue weighted by atomic mass is 10.2. The molecule has 0 radical (unpaired) electrons. The smallest absolute Gasteiger partial charge is 0.251 e. The molecule has 6 nitrogen and oxygen atoms in total. The molecule has 2 rings (SSSR count). The highest BCUT2D eigenvalue weighted by molar-refractivity contribution is 6.33. The van der Waals surface area contributed by atoms with Crippen LogP contribution in [0.1, 0.15) is 16.2 Å². The number of amides is 1. The average molecular weight is 266 g/mol. The molecule has 7 heteroatoms. The molecule has 0 saturated carbocycles. The lowest BCUT2D eigenvalue weighted by Gasteiger charge is -2.05. The van der Waals surface area contributed by atoms with Gasteiger partial charge in [-0.1, -0.05) is 11.6 Å². The Labute approximate surface area is 109 Å². The fraction of sp³-hybridized carbons (Fsp3) is 0.182. The van der Waals surface area contributed by atoms with Gasteiger partial charge >= 0.3 is 0 Å². The van der Waals surface area contributed by atoms with Crippen LogP contribution in [0.4, 0.5) is 5.69 Å². The number of nitrogens with zero attached hydrogens (tertiary/aromatic N) is 2. The van der Waals surface area contributed by atoms with Crippen LogP contribution in [0.5, 0.6) is 0 Å². The van der Waals surface area contributed by atoms with E-state index in [2.05, 4.69) is 20.5 Å². The number of nitrogens with one attached hydrogen (secondary N) is 2. The Hall–Kier alpha value is -2.08. The number of hydrogen-bond acceptors (Lipinski definition) is 4. The summed E-state index contributed by atoms with van der Waals surface area (Å²) in [5.74, 6) is 0.530. The van der Waals surface area contributed by atoms with Crippen LogP contribution in [0, 0.1) is 0 Å². The van der Waals surface area contributed by atoms with Crippen molar-refractivity contribution in [3.63, 3.8) is 0 Å². The number of rotatable bonds is 4. The highest BCUT2D eigenvalue weighted by Gasteiger charge is 2.07. The van der Waals surface area contributed by atoms with Crippen molar-refractivity contribution in [2.75, 3.05) is 12.3 Å². The Bertz CT molecular complexity index is 540. The highest BCUT2D eigenvalue weighted by atomic mass is 35.5. The Morgan fingerprint density at radius 3 is 3.00 bits per heavy atom. The second kappa shape index (κ2) is 5.50. The van der Waals surface area contributed by atoms with Crippen LogP contribution in [-0.2, 0) is 6.42 Å². The Morgan fingerprint density at radius 1 is 1.50 bits per heavy atom. The van der Waals surface area contributed by atoms with Crippen LogP contribution in [0.25, 0.3) is 0 Å². The molecule has 0 aliphatic heterocycles. The van der Waals surface area contributed by atoms with Gasteiger partial charge in [0, 0.05) is 18.5 Å². The van der Waals surface area contributed by atoms with Crippen molar-refractivity contribution in [2.24, 2.45) is 0 Å². The number of H-pyrrole nitrogens is 1. The predicted octanol–water partition coefficient (Wildman–Crippen LogP) is 1.01. The summed E-state index contributed by atoms with van der Waals surface area (Å²) >= 11 is 5.84. The van der Waals surface area contributed by atoms with E-state index in [1.165, 1.54) is 6.33 Å². The molecule has 1 amide bonds. The molecule has 0 bridgehead atoms. The van der Waals surface area contributed by atoms with Crippen molar-refractivity contribution in [2.45, 2.75) is 6.42 Å². The summed E-state index contributed by atoms with van der Waals surface area (Å²) < 4.78 is 0. The van der Waals surface area contributed by atoms with Crippen molar-refractivity contribution in [1.82, 2.24) is 20.5 Å². The van der Waals surface area contributed by atoms with Crippen molar-refractivity contribution in [3.05, 3.63) is 40.9 Å². The van der Waals surface area contributed by atoms with Crippen molar-refractivity contribution < 1.29 is 4.79 Å². The average Bonchev–Trinajstić information content (AvgIpc) is 2.85. The summed E-state index contributed by atoms with van der Waals surface area (Å²) in [4.78, 5) is 15.7. The number of aromatic nitrogens is 3. The fourth-order valence-corrected chi connectivity index (χ4v) is 1.60. The van der Waals surface area contributed by atoms with Gasteiger partial charge < -0.3 is 11.1 Å². The molecule has 0 fully saturated rings. The molecule has 0 spiro atoms. The summed E-state index contributed by atoms with van der Waals surface area (Å²) in [5, 5.41) is 9.57. The largest absolute Gasteiger partial charge is 0.398 e. The van der Waals surface area contributed by atoms with E-state index in [-0.39, 0.29) is 5.91 Å². The minimum absolute atomic E-state index is 0.198. The van der Waals surface area contributed by atoms with Crippen LogP contribution in [0.2, 0.25) is 5.02 Å². The first-order valence-electron chi connectivity index (χ1n) is 5.34. The minimum Gasteiger partial charge on any atom is -0.398 e. The summed E-state index contributed by atoms with van der Waals surface area (Å²) in [6.45, 7) is 0.468. The third kappa shape index (κ3) is 2.98. The third-order valence-electron chi connectivity index (χ3n) is 2.37. The van der Waals surface area contributed by atoms with E-state index in [4.69, 9.17) is 17.3 Å². The van der Waals surface area contributed by atoms with Gasteiger partial charge in [-0.2, -0.15) is 5.10 Å². The summed E-state index contributed by atoms with van der Waals surface area (Å²) in [6, 6.07) is 4.78. The summed E-state index contributed by atoms with van der Waals surface area (Å²) in [5.41, 5.74) is 6.50. The number of nitrogens with two attached hydrogens (primary N) is 1. The standard InChI is InChI=1S/C11H12ClN5O/c12-8-5-7(1-2-9(8)13)11(18)14-4-3-10-15-6-16-17-10/h1-2,5-6H,3-4,13H2,(H,14,18)(H,15,16,17). The van der Waals surface area contributed by atoms with Crippen LogP contribution >= 0.6 is 11.6 Å². The number of aromatic amines is 1. The Balaban J connectivity index is 1.89. The molecule has 0 aliphatic carbocycles. The van der Waals surface area contributed by atoms with Crippen molar-refractivity contribution >= 4 is 23.2 Å². The molecule has 2 aromatic rings. The minimum atomic E-state index is -0.198. The zero-order valence-electron chi connectivity index (χ0n) is 9.48. The van der Waals surface area contributed by atoms with Crippen LogP contribution < -0.4 is 11.1 Å². The molecular weight excluding hydrogens is 254 g/mol. The molecule has 1 aromatic heterocycles. The number of carbonyl (C=O) groups is 1. The molecule has 0 unspecified atom stereocenters. The topological polar surface area (TPSA) is 96.7 Å². The van der Waals surface area contributed by atoms with Gasteiger partial charge in [0.25, 0.3) is 5.91 Å². The van der Waals surface area contributed by atoms with Crippen LogP contribution in [-0.4, -0.2) is 27.6 Å². The Morgan fingerprint density at radius 2 is 2.33 bits per heavy atom. The number of hydrogen-bond donors (Lipinski definition) is 3. The quantitative estimate of drug-likeness (QED) is 0.719. The monoisotopic (exact) mass is 265 g/mol. The fourth-order valence-electron chi connectivity index (χ4n) is 1.42. The predicted molar refractivity (Wildman–Crippen MR) is 68.3 cm³/mol. The highest BCUT2D eigenvalue weighted by Crippen LogP contribution is 2.19. The number of halogens is 1. The van der Waals surface area contributed by atoms with Gasteiger partial charge in [0.1, 0.15) is 12.2 Å². The molecule has 94 valence electrons. The molecule has 0 saturated heterocycles. The molecule has 18 heavy (non-hydrogen) atoms. The molecule has 4 N–H and O–H groups in total. The maximum Gasteiger partial charge on any atom is 0.251 e. The molecule has 1 aromatic carbocycles. The van der Waals surface area contributed by atoms with E-state index in [0.717, 1.165) is 5.82 Å². The van der Waals surface area contributed by atoms with Crippen LogP contribution in [0.3, 0.4) is 0 Å². The molecule has 1 heterocycles. The first-order valence-corrected chi connectivity index (χ1v) is 5.72. The van der Waals surface area contributed by atoms with E-state index in [0.29, 0.717) is 29.2 Å². The summed E-state index contributed by atoms with van der Waals surface area (Å²) in [6.07, 6.45) is 2.02. The first-order chi connectivity index (χ1) is 8.66. The maximum absolute atomic E-state index is 11.8. The molecule has 0 aliphatic rings. The lowest BCUT2D eigenvalue weighted by molar-refractivity contribution is 0.0954. The van der Waals surface area contributed by atoms with Gasteiger partial charge in [0.15, 0.2) is 0 Å². The second-order valence-corrected chi connectivity index (χ2v) is 4.08. The van der Waals surface area contributed by atoms with E-state index in [9.17, 15) is 4.79 Å². The van der Waals surface area contributed by atoms with Gasteiger partial charge in [-0.25, -0.2) is 4.98 Å². The molecular formula is C11H12ClN5O. The van der Waals surface area contributed by atoms with Crippen LogP contribution in [0.15, 0.2) is 24.5 Å². The normalized spacial score (nSPS) is 10.3. The van der Waals surface area contributed by atoms with Gasteiger partial charge in [-0.3, -0.25) is 9.89 Å². The lowest BCUT2D eigenvalue weighted by Crippen LogP contribution is -2.26. The molecule has 0 atom stereocenters. The second-order valence-electron chi connectivity index (χ2n) is 3.67. The maximum atomic E-state index is 11.8.